The number of hydrogen-bond acceptors (Lipinski definition) is 6. The van der Waals surface area contributed by atoms with Crippen molar-refractivity contribution in [2.75, 3.05) is 13.7 Å². The number of fused-ring (bicyclic) bond motifs is 1. The summed E-state index contributed by atoms with van der Waals surface area (Å²) in [6, 6.07) is 8.29. The Kier molecular flexibility index (Phi) is 5.86. The maximum absolute atomic E-state index is 12.6. The van der Waals surface area contributed by atoms with Crippen molar-refractivity contribution in [3.8, 4) is 5.75 Å². The Morgan fingerprint density at radius 3 is 2.52 bits per heavy atom. The zero-order valence-corrected chi connectivity index (χ0v) is 16.2. The average molecular weight is 427 g/mol. The van der Waals surface area contributed by atoms with Crippen molar-refractivity contribution in [3.63, 3.8) is 0 Å². The van der Waals surface area contributed by atoms with Gasteiger partial charge in [-0.15, -0.1) is 0 Å². The molecule has 31 heavy (non-hydrogen) atoms. The van der Waals surface area contributed by atoms with E-state index in [-0.39, 0.29) is 18.7 Å². The maximum atomic E-state index is 12.6. The van der Waals surface area contributed by atoms with Gasteiger partial charge >= 0.3 is 11.9 Å². The van der Waals surface area contributed by atoms with Gasteiger partial charge < -0.3 is 25.3 Å². The first-order valence-electron chi connectivity index (χ1n) is 8.95. The predicted molar refractivity (Wildman–Crippen MR) is 108 cm³/mol. The van der Waals surface area contributed by atoms with Crippen LogP contribution in [0.1, 0.15) is 36.8 Å². The molecular weight excluding hydrogens is 410 g/mol. The number of nitro groups is 1. The van der Waals surface area contributed by atoms with Gasteiger partial charge in [-0.3, -0.25) is 14.9 Å². The molecule has 0 aliphatic carbocycles. The van der Waals surface area contributed by atoms with Gasteiger partial charge in [0.05, 0.1) is 17.6 Å². The Labute approximate surface area is 174 Å². The standard InChI is InChI=1S/C20H17N3O8/c1-31-10-5-6-14-13(9-10)11(17(22-14)20(27)28)7-8-21-18(24)16-12(19(25)26)3-2-4-15(16)23(29)30/h2-6,9,22H,7-8H2,1H3,(H,21,24)(H,25,26)(H,27,28). The molecule has 3 rings (SSSR count). The molecule has 0 spiro atoms. The van der Waals surface area contributed by atoms with Crippen molar-refractivity contribution >= 4 is 34.4 Å². The van der Waals surface area contributed by atoms with Gasteiger partial charge in [-0.1, -0.05) is 6.07 Å². The summed E-state index contributed by atoms with van der Waals surface area (Å²) < 4.78 is 5.17. The molecule has 11 heteroatoms. The third-order valence-corrected chi connectivity index (χ3v) is 4.68. The van der Waals surface area contributed by atoms with Crippen molar-refractivity contribution < 1.29 is 34.3 Å². The molecule has 160 valence electrons. The third-order valence-electron chi connectivity index (χ3n) is 4.68. The Balaban J connectivity index is 1.89. The first-order chi connectivity index (χ1) is 14.7. The number of carbonyl (C=O) groups excluding carboxylic acids is 1. The third kappa shape index (κ3) is 4.15. The van der Waals surface area contributed by atoms with E-state index in [0.29, 0.717) is 22.2 Å². The Hall–Kier alpha value is -4.41. The van der Waals surface area contributed by atoms with Crippen LogP contribution in [0.15, 0.2) is 36.4 Å². The molecule has 1 aromatic heterocycles. The number of nitro benzene ring substituents is 1. The van der Waals surface area contributed by atoms with Crippen LogP contribution >= 0.6 is 0 Å². The number of nitrogens with zero attached hydrogens (tertiary/aromatic N) is 1. The van der Waals surface area contributed by atoms with E-state index in [4.69, 9.17) is 4.74 Å². The second-order valence-corrected chi connectivity index (χ2v) is 6.46. The minimum Gasteiger partial charge on any atom is -0.497 e. The van der Waals surface area contributed by atoms with E-state index in [9.17, 15) is 34.7 Å². The molecule has 0 unspecified atom stereocenters. The first kappa shape index (κ1) is 21.3. The number of rotatable bonds is 8. The van der Waals surface area contributed by atoms with Crippen LogP contribution in [-0.4, -0.2) is 51.6 Å². The number of hydrogen-bond donors (Lipinski definition) is 4. The Bertz CT molecular complexity index is 1180. The number of carboxylic acids is 2. The molecular formula is C20H17N3O8. The molecule has 0 saturated carbocycles. The van der Waals surface area contributed by atoms with Crippen LogP contribution in [0.2, 0.25) is 0 Å². The molecule has 0 saturated heterocycles. The largest absolute Gasteiger partial charge is 0.497 e. The topological polar surface area (TPSA) is 172 Å². The van der Waals surface area contributed by atoms with Crippen LogP contribution in [0.3, 0.4) is 0 Å². The second-order valence-electron chi connectivity index (χ2n) is 6.46. The van der Waals surface area contributed by atoms with Gasteiger partial charge in [-0.2, -0.15) is 0 Å². The maximum Gasteiger partial charge on any atom is 0.352 e. The summed E-state index contributed by atoms with van der Waals surface area (Å²) in [5, 5.41) is 33.0. The normalized spacial score (nSPS) is 10.6. The van der Waals surface area contributed by atoms with E-state index in [1.807, 2.05) is 0 Å². The number of amides is 1. The van der Waals surface area contributed by atoms with E-state index in [1.165, 1.54) is 13.2 Å². The molecule has 0 aliphatic rings. The molecule has 0 radical (unpaired) electrons. The molecule has 4 N–H and O–H groups in total. The fourth-order valence-electron chi connectivity index (χ4n) is 3.29. The highest BCUT2D eigenvalue weighted by molar-refractivity contribution is 6.07. The molecule has 1 heterocycles. The minimum absolute atomic E-state index is 0.0607. The zero-order valence-electron chi connectivity index (χ0n) is 16.2. The minimum atomic E-state index is -1.48. The van der Waals surface area contributed by atoms with Crippen molar-refractivity contribution in [1.29, 1.82) is 0 Å². The van der Waals surface area contributed by atoms with Crippen LogP contribution in [-0.2, 0) is 6.42 Å². The number of ether oxygens (including phenoxy) is 1. The number of methoxy groups -OCH3 is 1. The number of aromatic carboxylic acids is 2. The van der Waals surface area contributed by atoms with E-state index in [0.717, 1.165) is 12.1 Å². The van der Waals surface area contributed by atoms with Gasteiger partial charge in [0, 0.05) is 23.5 Å². The molecule has 1 amide bonds. The Morgan fingerprint density at radius 1 is 1.16 bits per heavy atom. The van der Waals surface area contributed by atoms with E-state index in [2.05, 4.69) is 10.3 Å². The van der Waals surface area contributed by atoms with Crippen LogP contribution in [0, 0.1) is 10.1 Å². The smallest absolute Gasteiger partial charge is 0.352 e. The molecule has 0 atom stereocenters. The number of nitrogens with one attached hydrogen (secondary N) is 2. The van der Waals surface area contributed by atoms with Gasteiger partial charge in [0.2, 0.25) is 0 Å². The summed E-state index contributed by atoms with van der Waals surface area (Å²) in [6.45, 7) is -0.0889. The van der Waals surface area contributed by atoms with E-state index < -0.39 is 39.6 Å². The van der Waals surface area contributed by atoms with E-state index >= 15 is 0 Å². The van der Waals surface area contributed by atoms with Crippen LogP contribution < -0.4 is 10.1 Å². The summed E-state index contributed by atoms with van der Waals surface area (Å²) in [4.78, 5) is 48.8. The first-order valence-corrected chi connectivity index (χ1v) is 8.95. The lowest BCUT2D eigenvalue weighted by Crippen LogP contribution is -2.28. The average Bonchev–Trinajstić information content (AvgIpc) is 3.11. The predicted octanol–water partition coefficient (Wildman–Crippen LogP) is 2.45. The lowest BCUT2D eigenvalue weighted by molar-refractivity contribution is -0.385. The molecule has 0 bridgehead atoms. The summed E-state index contributed by atoms with van der Waals surface area (Å²) >= 11 is 0. The Morgan fingerprint density at radius 2 is 1.90 bits per heavy atom. The second kappa shape index (κ2) is 8.53. The van der Waals surface area contributed by atoms with Gasteiger partial charge in [-0.25, -0.2) is 9.59 Å². The summed E-state index contributed by atoms with van der Waals surface area (Å²) in [7, 11) is 1.47. The number of carboxylic acid groups (broad SMARTS) is 2. The summed E-state index contributed by atoms with van der Waals surface area (Å²) in [5.41, 5.74) is -0.808. The molecule has 3 aromatic rings. The highest BCUT2D eigenvalue weighted by Gasteiger charge is 2.27. The van der Waals surface area contributed by atoms with Crippen molar-refractivity contribution in [2.24, 2.45) is 0 Å². The number of carbonyl (C=O) groups is 3. The van der Waals surface area contributed by atoms with Crippen LogP contribution in [0.5, 0.6) is 5.75 Å². The molecule has 11 nitrogen and oxygen atoms in total. The zero-order chi connectivity index (χ0) is 22.7. The molecule has 0 aliphatic heterocycles. The number of aromatic nitrogens is 1. The van der Waals surface area contributed by atoms with Gasteiger partial charge in [0.25, 0.3) is 11.6 Å². The van der Waals surface area contributed by atoms with Crippen molar-refractivity contribution in [3.05, 3.63) is 68.9 Å². The van der Waals surface area contributed by atoms with Crippen LogP contribution in [0.25, 0.3) is 10.9 Å². The lowest BCUT2D eigenvalue weighted by Gasteiger charge is -2.09. The monoisotopic (exact) mass is 427 g/mol. The molecule has 0 fully saturated rings. The van der Waals surface area contributed by atoms with Crippen LogP contribution in [0.4, 0.5) is 5.69 Å². The summed E-state index contributed by atoms with van der Waals surface area (Å²) in [6.07, 6.45) is 0.0730. The highest BCUT2D eigenvalue weighted by Crippen LogP contribution is 2.27. The van der Waals surface area contributed by atoms with Gasteiger partial charge in [0.1, 0.15) is 17.0 Å². The molecule has 2 aromatic carbocycles. The van der Waals surface area contributed by atoms with Gasteiger partial charge in [0.15, 0.2) is 0 Å². The highest BCUT2D eigenvalue weighted by atomic mass is 16.6. The van der Waals surface area contributed by atoms with Gasteiger partial charge in [-0.05, 0) is 36.2 Å². The van der Waals surface area contributed by atoms with Crippen molar-refractivity contribution in [2.45, 2.75) is 6.42 Å². The number of benzene rings is 2. The van der Waals surface area contributed by atoms with E-state index in [1.54, 1.807) is 18.2 Å². The number of H-pyrrole nitrogens is 1. The quantitative estimate of drug-likeness (QED) is 0.313. The SMILES string of the molecule is COc1ccc2[nH]c(C(=O)O)c(CCNC(=O)c3c(C(=O)O)cccc3[N+](=O)[O-])c2c1. The fourth-order valence-corrected chi connectivity index (χ4v) is 3.29. The summed E-state index contributed by atoms with van der Waals surface area (Å²) in [5.74, 6) is -3.10. The fraction of sp³-hybridized carbons (Fsp3) is 0.150. The number of aromatic amines is 1. The lowest BCUT2D eigenvalue weighted by atomic mass is 10.0. The van der Waals surface area contributed by atoms with Crippen molar-refractivity contribution in [1.82, 2.24) is 10.3 Å².